The third kappa shape index (κ3) is 3.50. The molecule has 0 amide bonds. The lowest BCUT2D eigenvalue weighted by atomic mass is 10.0. The molecule has 0 fully saturated rings. The smallest absolute Gasteiger partial charge is 0.244 e. The zero-order chi connectivity index (χ0) is 17.2. The van der Waals surface area contributed by atoms with Crippen molar-refractivity contribution in [1.29, 1.82) is 0 Å². The van der Waals surface area contributed by atoms with Crippen molar-refractivity contribution < 1.29 is 8.42 Å². The molecule has 0 aliphatic rings. The number of aryl methyl sites for hydroxylation is 1. The summed E-state index contributed by atoms with van der Waals surface area (Å²) in [7, 11) is -1.93. The van der Waals surface area contributed by atoms with Crippen LogP contribution in [0.5, 0.6) is 0 Å². The highest BCUT2D eigenvalue weighted by Gasteiger charge is 2.19. The molecule has 8 heteroatoms. The molecule has 3 aromatic rings. The van der Waals surface area contributed by atoms with Gasteiger partial charge in [-0.15, -0.1) is 0 Å². The number of rotatable bonds is 5. The Morgan fingerprint density at radius 3 is 2.29 bits per heavy atom. The van der Waals surface area contributed by atoms with E-state index in [2.05, 4.69) is 19.8 Å². The predicted molar refractivity (Wildman–Crippen MR) is 89.4 cm³/mol. The van der Waals surface area contributed by atoms with E-state index in [4.69, 9.17) is 0 Å². The number of hydrogen-bond donors (Lipinski definition) is 1. The molecular formula is C16H17N5O2S. The van der Waals surface area contributed by atoms with Crippen LogP contribution in [0.3, 0.4) is 0 Å². The highest BCUT2D eigenvalue weighted by atomic mass is 32.2. The molecule has 0 spiro atoms. The summed E-state index contributed by atoms with van der Waals surface area (Å²) < 4.78 is 28.8. The van der Waals surface area contributed by atoms with Gasteiger partial charge in [0.15, 0.2) is 0 Å². The second-order valence-corrected chi connectivity index (χ2v) is 7.16. The minimum absolute atomic E-state index is 0.148. The summed E-state index contributed by atoms with van der Waals surface area (Å²) in [6.45, 7) is 1.80. The second kappa shape index (κ2) is 6.50. The number of hydrogen-bond acceptors (Lipinski definition) is 5. The Kier molecular flexibility index (Phi) is 4.41. The fraction of sp³-hybridized carbons (Fsp3) is 0.188. The van der Waals surface area contributed by atoms with Gasteiger partial charge >= 0.3 is 0 Å². The molecule has 124 valence electrons. The molecule has 0 aliphatic heterocycles. The molecule has 0 saturated carbocycles. The molecular weight excluding hydrogens is 326 g/mol. The number of nitrogens with one attached hydrogen (secondary N) is 1. The van der Waals surface area contributed by atoms with Crippen LogP contribution in [-0.4, -0.2) is 28.2 Å². The Morgan fingerprint density at radius 1 is 1.04 bits per heavy atom. The Labute approximate surface area is 140 Å². The van der Waals surface area contributed by atoms with Crippen LogP contribution in [-0.2, 0) is 17.1 Å². The molecule has 0 bridgehead atoms. The average Bonchev–Trinajstić information content (AvgIpc) is 3.03. The van der Waals surface area contributed by atoms with Crippen LogP contribution in [0.2, 0.25) is 0 Å². The van der Waals surface area contributed by atoms with Gasteiger partial charge in [0, 0.05) is 37.2 Å². The third-order valence-corrected chi connectivity index (χ3v) is 5.12. The van der Waals surface area contributed by atoms with Crippen molar-refractivity contribution in [2.24, 2.45) is 7.05 Å². The monoisotopic (exact) mass is 343 g/mol. The first-order chi connectivity index (χ1) is 11.5. The summed E-state index contributed by atoms with van der Waals surface area (Å²) >= 11 is 0. The number of sulfonamides is 1. The molecule has 2 heterocycles. The van der Waals surface area contributed by atoms with Crippen LogP contribution in [0, 0.1) is 0 Å². The van der Waals surface area contributed by atoms with Crippen molar-refractivity contribution in [3.05, 3.63) is 60.9 Å². The van der Waals surface area contributed by atoms with E-state index >= 15 is 0 Å². The SMILES string of the molecule is C[C@H](NS(=O)(=O)c1cnn(C)c1)c1ccc(-c2cncnc2)cc1. The topological polar surface area (TPSA) is 89.8 Å². The minimum atomic E-state index is -3.60. The third-order valence-electron chi connectivity index (χ3n) is 3.63. The normalized spacial score (nSPS) is 12.9. The first kappa shape index (κ1) is 16.3. The summed E-state index contributed by atoms with van der Waals surface area (Å²) in [5, 5.41) is 3.89. The van der Waals surface area contributed by atoms with Crippen molar-refractivity contribution in [2.75, 3.05) is 0 Å². The molecule has 0 aliphatic carbocycles. The van der Waals surface area contributed by atoms with E-state index in [0.29, 0.717) is 0 Å². The number of nitrogens with zero attached hydrogens (tertiary/aromatic N) is 4. The van der Waals surface area contributed by atoms with E-state index in [9.17, 15) is 8.42 Å². The highest BCUT2D eigenvalue weighted by Crippen LogP contribution is 2.22. The molecule has 1 aromatic carbocycles. The minimum Gasteiger partial charge on any atom is -0.274 e. The van der Waals surface area contributed by atoms with E-state index in [1.807, 2.05) is 24.3 Å². The Bertz CT molecular complexity index is 921. The van der Waals surface area contributed by atoms with E-state index in [1.165, 1.54) is 23.4 Å². The van der Waals surface area contributed by atoms with Crippen LogP contribution >= 0.6 is 0 Å². The summed E-state index contributed by atoms with van der Waals surface area (Å²) in [6.07, 6.45) is 7.74. The first-order valence-corrected chi connectivity index (χ1v) is 8.80. The maximum atomic E-state index is 12.3. The largest absolute Gasteiger partial charge is 0.274 e. The quantitative estimate of drug-likeness (QED) is 0.764. The standard InChI is InChI=1S/C16H17N5O2S/c1-12(20-24(22,23)16-9-19-21(2)10-16)13-3-5-14(6-4-13)15-7-17-11-18-8-15/h3-12,20H,1-2H3/t12-/m0/s1. The van der Waals surface area contributed by atoms with Crippen molar-refractivity contribution in [2.45, 2.75) is 17.9 Å². The predicted octanol–water partition coefficient (Wildman–Crippen LogP) is 1.92. The van der Waals surface area contributed by atoms with Crippen LogP contribution < -0.4 is 4.72 Å². The van der Waals surface area contributed by atoms with Crippen molar-refractivity contribution in [1.82, 2.24) is 24.5 Å². The summed E-state index contributed by atoms with van der Waals surface area (Å²) in [5.41, 5.74) is 2.75. The first-order valence-electron chi connectivity index (χ1n) is 7.32. The maximum Gasteiger partial charge on any atom is 0.244 e. The molecule has 0 saturated heterocycles. The van der Waals surface area contributed by atoms with Gasteiger partial charge in [-0.1, -0.05) is 24.3 Å². The zero-order valence-electron chi connectivity index (χ0n) is 13.3. The van der Waals surface area contributed by atoms with Gasteiger partial charge in [0.1, 0.15) is 11.2 Å². The molecule has 3 rings (SSSR count). The van der Waals surface area contributed by atoms with Gasteiger partial charge in [-0.25, -0.2) is 23.1 Å². The molecule has 7 nitrogen and oxygen atoms in total. The summed E-state index contributed by atoms with van der Waals surface area (Å²) in [6, 6.07) is 7.25. The van der Waals surface area contributed by atoms with Crippen molar-refractivity contribution in [3.63, 3.8) is 0 Å². The lowest BCUT2D eigenvalue weighted by molar-refractivity contribution is 0.567. The van der Waals surface area contributed by atoms with E-state index in [1.54, 1.807) is 26.4 Å². The number of benzene rings is 1. The van der Waals surface area contributed by atoms with E-state index in [0.717, 1.165) is 16.7 Å². The van der Waals surface area contributed by atoms with Crippen LogP contribution in [0.15, 0.2) is 60.3 Å². The van der Waals surface area contributed by atoms with E-state index < -0.39 is 10.0 Å². The Balaban J connectivity index is 1.77. The molecule has 2 aromatic heterocycles. The van der Waals surface area contributed by atoms with Gasteiger partial charge in [-0.3, -0.25) is 4.68 Å². The zero-order valence-corrected chi connectivity index (χ0v) is 14.1. The Hall–Kier alpha value is -2.58. The molecule has 1 atom stereocenters. The van der Waals surface area contributed by atoms with Gasteiger partial charge in [0.2, 0.25) is 10.0 Å². The lowest BCUT2D eigenvalue weighted by Gasteiger charge is -2.14. The average molecular weight is 343 g/mol. The van der Waals surface area contributed by atoms with Gasteiger partial charge in [0.05, 0.1) is 6.20 Å². The van der Waals surface area contributed by atoms with Gasteiger partial charge in [-0.05, 0) is 18.1 Å². The summed E-state index contributed by atoms with van der Waals surface area (Å²) in [4.78, 5) is 8.13. The number of aromatic nitrogens is 4. The fourth-order valence-corrected chi connectivity index (χ4v) is 3.53. The van der Waals surface area contributed by atoms with Crippen LogP contribution in [0.4, 0.5) is 0 Å². The van der Waals surface area contributed by atoms with Gasteiger partial charge < -0.3 is 0 Å². The van der Waals surface area contributed by atoms with Gasteiger partial charge in [0.25, 0.3) is 0 Å². The van der Waals surface area contributed by atoms with Gasteiger partial charge in [-0.2, -0.15) is 5.10 Å². The summed E-state index contributed by atoms with van der Waals surface area (Å²) in [5.74, 6) is 0. The molecule has 0 radical (unpaired) electrons. The lowest BCUT2D eigenvalue weighted by Crippen LogP contribution is -2.26. The van der Waals surface area contributed by atoms with Crippen LogP contribution in [0.1, 0.15) is 18.5 Å². The maximum absolute atomic E-state index is 12.3. The molecule has 0 unspecified atom stereocenters. The molecule has 24 heavy (non-hydrogen) atoms. The van der Waals surface area contributed by atoms with E-state index in [-0.39, 0.29) is 10.9 Å². The fourth-order valence-electron chi connectivity index (χ4n) is 2.32. The molecule has 1 N–H and O–H groups in total. The van der Waals surface area contributed by atoms with Crippen molar-refractivity contribution >= 4 is 10.0 Å². The highest BCUT2D eigenvalue weighted by molar-refractivity contribution is 7.89. The Morgan fingerprint density at radius 2 is 1.71 bits per heavy atom. The van der Waals surface area contributed by atoms with Crippen molar-refractivity contribution in [3.8, 4) is 11.1 Å². The van der Waals surface area contributed by atoms with Crippen LogP contribution in [0.25, 0.3) is 11.1 Å². The second-order valence-electron chi connectivity index (χ2n) is 5.44.